The third-order valence-electron chi connectivity index (χ3n) is 8.47. The molecule has 342 valence electrons. The van der Waals surface area contributed by atoms with E-state index < -0.39 is 108 Å². The average molecular weight is 953 g/mol. The van der Waals surface area contributed by atoms with Gasteiger partial charge >= 0.3 is 47.8 Å². The van der Waals surface area contributed by atoms with E-state index in [1.807, 2.05) is 0 Å². The first-order chi connectivity index (χ1) is 29.4. The Morgan fingerprint density at radius 2 is 0.825 bits per heavy atom. The summed E-state index contributed by atoms with van der Waals surface area (Å²) in [4.78, 5) is 141. The molecule has 1 saturated heterocycles. The van der Waals surface area contributed by atoms with E-state index in [9.17, 15) is 47.9 Å². The van der Waals surface area contributed by atoms with Crippen LogP contribution in [-0.4, -0.2) is 147 Å². The van der Waals surface area contributed by atoms with Crippen LogP contribution < -0.4 is 0 Å². The van der Waals surface area contributed by atoms with Gasteiger partial charge in [-0.2, -0.15) is 0 Å². The fraction of sp³-hybridized carbons (Fsp3) is 0.513. The van der Waals surface area contributed by atoms with Crippen LogP contribution in [-0.2, 0) is 85.8 Å². The van der Waals surface area contributed by atoms with Gasteiger partial charge in [-0.15, -0.1) is 0 Å². The summed E-state index contributed by atoms with van der Waals surface area (Å²) in [5.74, 6) is -10.3. The lowest BCUT2D eigenvalue weighted by molar-refractivity contribution is -0.183. The minimum atomic E-state index is -1.61. The number of hydrogen-bond donors (Lipinski definition) is 0. The average Bonchev–Trinajstić information content (AvgIpc) is 3.63. The number of hydrogen-bond acceptors (Lipinski definition) is 21. The number of aliphatic imine (C=N–C) groups is 1. The molecule has 24 heteroatoms. The summed E-state index contributed by atoms with van der Waals surface area (Å²) in [6.45, 7) is 11.2. The van der Waals surface area contributed by atoms with E-state index in [1.54, 1.807) is 6.07 Å². The molecule has 0 unspecified atom stereocenters. The molecule has 0 radical (unpaired) electrons. The highest BCUT2D eigenvalue weighted by Gasteiger charge is 2.41. The second-order valence-corrected chi connectivity index (χ2v) is 14.5. The molecule has 2 aromatic rings. The SMILES string of the molecule is CC(=O)O[C@@H](C)C(=O)O[C@@H](C)C(=O)O[C@@H](C)C(=O)O[C@@H](C)C(=O)N1CCN(C(=O)[C@H](C)OC(=O)[C@H](C)OC(=O)[C@H](C)OC(=O)[C@H](C)OC(C)=O)C1=Nc1ccc2nccnc2c1Br. The second kappa shape index (κ2) is 22.5. The Morgan fingerprint density at radius 1 is 0.508 bits per heavy atom. The van der Waals surface area contributed by atoms with E-state index in [-0.39, 0.29) is 24.7 Å². The molecule has 0 aliphatic carbocycles. The molecule has 1 aromatic carbocycles. The standard InChI is InChI=1S/C39H46BrN5O18/c1-17(58-35(52)21(5)62-37(54)23(7)60-33(50)19(3)56-25(9)46)31(48)44-15-16-45(39(44)43-27-11-12-28-30(29(27)40)42-14-13-41-28)32(49)18(2)59-36(53)22(6)63-38(55)24(8)61-34(51)20(4)57-26(10)47/h11-14,17-24H,15-16H2,1-10H3/t17-,18-,19-,20-,21-,22-,23-,24-/m0/s1. The molecule has 1 aliphatic heterocycles. The molecule has 1 aliphatic rings. The molecule has 1 fully saturated rings. The van der Waals surface area contributed by atoms with E-state index in [2.05, 4.69) is 30.9 Å². The van der Waals surface area contributed by atoms with Crippen molar-refractivity contribution in [3.63, 3.8) is 0 Å². The summed E-state index contributed by atoms with van der Waals surface area (Å²) in [5, 5.41) is 0. The van der Waals surface area contributed by atoms with Gasteiger partial charge in [0, 0.05) is 39.3 Å². The highest BCUT2D eigenvalue weighted by molar-refractivity contribution is 9.10. The number of benzene rings is 1. The third kappa shape index (κ3) is 14.0. The van der Waals surface area contributed by atoms with Crippen molar-refractivity contribution in [2.75, 3.05) is 13.1 Å². The maximum atomic E-state index is 13.9. The van der Waals surface area contributed by atoms with Crippen molar-refractivity contribution in [3.05, 3.63) is 29.0 Å². The summed E-state index contributed by atoms with van der Waals surface area (Å²) in [7, 11) is 0. The maximum Gasteiger partial charge on any atom is 0.347 e. The highest BCUT2D eigenvalue weighted by atomic mass is 79.9. The van der Waals surface area contributed by atoms with Crippen LogP contribution in [0.25, 0.3) is 11.0 Å². The van der Waals surface area contributed by atoms with Crippen molar-refractivity contribution >= 4 is 98.2 Å². The van der Waals surface area contributed by atoms with Gasteiger partial charge in [0.25, 0.3) is 11.8 Å². The topological polar surface area (TPSA) is 289 Å². The lowest BCUT2D eigenvalue weighted by Crippen LogP contribution is -2.48. The Balaban J connectivity index is 1.77. The molecular formula is C39H46BrN5O18. The van der Waals surface area contributed by atoms with Gasteiger partial charge < -0.3 is 37.9 Å². The van der Waals surface area contributed by atoms with Crippen molar-refractivity contribution in [1.82, 2.24) is 19.8 Å². The Hall–Kier alpha value is -6.59. The van der Waals surface area contributed by atoms with Gasteiger partial charge in [-0.05, 0) is 83.5 Å². The molecule has 0 bridgehead atoms. The van der Waals surface area contributed by atoms with Crippen LogP contribution in [0.1, 0.15) is 69.2 Å². The van der Waals surface area contributed by atoms with Gasteiger partial charge in [-0.3, -0.25) is 38.9 Å². The smallest absolute Gasteiger partial charge is 0.347 e. The van der Waals surface area contributed by atoms with Crippen LogP contribution in [0.2, 0.25) is 0 Å². The predicted molar refractivity (Wildman–Crippen MR) is 214 cm³/mol. The number of fused-ring (bicyclic) bond motifs is 1. The van der Waals surface area contributed by atoms with Crippen LogP contribution in [0.3, 0.4) is 0 Å². The summed E-state index contributed by atoms with van der Waals surface area (Å²) in [6.07, 6.45) is -9.14. The summed E-state index contributed by atoms with van der Waals surface area (Å²) >= 11 is 3.44. The van der Waals surface area contributed by atoms with Crippen molar-refractivity contribution in [3.8, 4) is 0 Å². The molecule has 2 amide bonds. The van der Waals surface area contributed by atoms with Gasteiger partial charge in [0.05, 0.1) is 15.7 Å². The number of halogens is 1. The highest BCUT2D eigenvalue weighted by Crippen LogP contribution is 2.32. The van der Waals surface area contributed by atoms with Crippen molar-refractivity contribution < 1.29 is 85.8 Å². The van der Waals surface area contributed by atoms with Crippen molar-refractivity contribution in [2.24, 2.45) is 4.99 Å². The normalized spacial score (nSPS) is 16.1. The van der Waals surface area contributed by atoms with Crippen LogP contribution in [0.4, 0.5) is 5.69 Å². The molecule has 23 nitrogen and oxygen atoms in total. The largest absolute Gasteiger partial charge is 0.451 e. The molecular weight excluding hydrogens is 906 g/mol. The summed E-state index contributed by atoms with van der Waals surface area (Å²) in [6, 6.07) is 3.12. The maximum absolute atomic E-state index is 13.9. The molecule has 8 atom stereocenters. The zero-order valence-electron chi connectivity index (χ0n) is 35.8. The molecule has 0 N–H and O–H groups in total. The van der Waals surface area contributed by atoms with Gasteiger partial charge in [-0.25, -0.2) is 33.8 Å². The number of esters is 8. The number of nitrogens with zero attached hydrogens (tertiary/aromatic N) is 5. The van der Waals surface area contributed by atoms with Crippen LogP contribution in [0.5, 0.6) is 0 Å². The van der Waals surface area contributed by atoms with Crippen LogP contribution >= 0.6 is 15.9 Å². The van der Waals surface area contributed by atoms with E-state index in [4.69, 9.17) is 37.9 Å². The molecule has 0 saturated carbocycles. The fourth-order valence-corrected chi connectivity index (χ4v) is 5.74. The van der Waals surface area contributed by atoms with E-state index in [0.717, 1.165) is 51.3 Å². The zero-order valence-corrected chi connectivity index (χ0v) is 37.4. The molecule has 3 rings (SSSR count). The van der Waals surface area contributed by atoms with E-state index >= 15 is 0 Å². The molecule has 2 heterocycles. The quantitative estimate of drug-likeness (QED) is 0.160. The Labute approximate surface area is 368 Å². The number of amides is 2. The van der Waals surface area contributed by atoms with Crippen molar-refractivity contribution in [1.29, 1.82) is 0 Å². The summed E-state index contributed by atoms with van der Waals surface area (Å²) < 4.78 is 40.4. The summed E-state index contributed by atoms with van der Waals surface area (Å²) in [5.41, 5.74) is 1.05. The third-order valence-corrected chi connectivity index (χ3v) is 9.25. The number of rotatable bonds is 17. The molecule has 1 aromatic heterocycles. The van der Waals surface area contributed by atoms with Crippen LogP contribution in [0, 0.1) is 0 Å². The van der Waals surface area contributed by atoms with Gasteiger partial charge in [0.15, 0.2) is 48.8 Å². The van der Waals surface area contributed by atoms with E-state index in [0.29, 0.717) is 15.5 Å². The van der Waals surface area contributed by atoms with Crippen LogP contribution in [0.15, 0.2) is 34.0 Å². The van der Waals surface area contributed by atoms with Gasteiger partial charge in [0.1, 0.15) is 5.52 Å². The Morgan fingerprint density at radius 3 is 1.17 bits per heavy atom. The number of aromatic nitrogens is 2. The monoisotopic (exact) mass is 951 g/mol. The lowest BCUT2D eigenvalue weighted by Gasteiger charge is -2.26. The number of ether oxygens (including phenoxy) is 8. The first-order valence-electron chi connectivity index (χ1n) is 19.1. The van der Waals surface area contributed by atoms with Crippen molar-refractivity contribution in [2.45, 2.75) is 118 Å². The minimum Gasteiger partial charge on any atom is -0.451 e. The van der Waals surface area contributed by atoms with Gasteiger partial charge in [0.2, 0.25) is 5.96 Å². The first-order valence-corrected chi connectivity index (χ1v) is 19.9. The Kier molecular flexibility index (Phi) is 18.1. The van der Waals surface area contributed by atoms with E-state index in [1.165, 1.54) is 46.2 Å². The molecule has 0 spiro atoms. The second-order valence-electron chi connectivity index (χ2n) is 13.7. The lowest BCUT2D eigenvalue weighted by atomic mass is 10.2. The number of carbonyl (C=O) groups is 10. The van der Waals surface area contributed by atoms with Gasteiger partial charge in [-0.1, -0.05) is 0 Å². The number of carbonyl (C=O) groups excluding carboxylic acids is 10. The zero-order chi connectivity index (χ0) is 47.5. The molecule has 63 heavy (non-hydrogen) atoms. The fourth-order valence-electron chi connectivity index (χ4n) is 5.22. The predicted octanol–water partition coefficient (Wildman–Crippen LogP) is 1.54. The number of guanidine groups is 1. The first kappa shape index (κ1) is 50.8. The Bertz CT molecular complexity index is 2060. The minimum absolute atomic E-state index is 0.181.